The molecule has 0 radical (unpaired) electrons. The maximum absolute atomic E-state index is 12.2. The molecule has 134 valence electrons. The van der Waals surface area contributed by atoms with E-state index in [1.165, 1.54) is 5.56 Å². The maximum atomic E-state index is 12.2. The molecular formula is C18H26N6O. The highest BCUT2D eigenvalue weighted by Gasteiger charge is 2.24. The second-order valence-corrected chi connectivity index (χ2v) is 6.56. The number of rotatable bonds is 6. The van der Waals surface area contributed by atoms with Gasteiger partial charge in [-0.25, -0.2) is 14.5 Å². The summed E-state index contributed by atoms with van der Waals surface area (Å²) in [6.45, 7) is 5.02. The van der Waals surface area contributed by atoms with Gasteiger partial charge in [0.15, 0.2) is 0 Å². The number of carbonyl (C=O) groups is 1. The molecular weight excluding hydrogens is 316 g/mol. The van der Waals surface area contributed by atoms with Crippen LogP contribution in [0.1, 0.15) is 36.1 Å². The third-order valence-electron chi connectivity index (χ3n) is 4.36. The van der Waals surface area contributed by atoms with Crippen molar-refractivity contribution < 1.29 is 4.79 Å². The van der Waals surface area contributed by atoms with Crippen molar-refractivity contribution in [1.29, 1.82) is 0 Å². The van der Waals surface area contributed by atoms with E-state index in [4.69, 9.17) is 0 Å². The lowest BCUT2D eigenvalue weighted by atomic mass is 10.1. The van der Waals surface area contributed by atoms with Gasteiger partial charge in [0, 0.05) is 26.2 Å². The van der Waals surface area contributed by atoms with Crippen molar-refractivity contribution >= 4 is 6.03 Å². The minimum Gasteiger partial charge on any atom is -0.337 e. The predicted octanol–water partition coefficient (Wildman–Crippen LogP) is 1.85. The van der Waals surface area contributed by atoms with Crippen LogP contribution in [0, 0.1) is 6.92 Å². The first kappa shape index (κ1) is 17.4. The molecule has 0 fully saturated rings. The van der Waals surface area contributed by atoms with Gasteiger partial charge >= 0.3 is 6.03 Å². The molecule has 0 spiro atoms. The molecule has 2 heterocycles. The molecule has 1 aromatic carbocycles. The Hall–Kier alpha value is -2.41. The average Bonchev–Trinajstić information content (AvgIpc) is 2.97. The number of aromatic nitrogens is 3. The van der Waals surface area contributed by atoms with Gasteiger partial charge in [0.05, 0.1) is 6.04 Å². The van der Waals surface area contributed by atoms with E-state index in [1.54, 1.807) is 0 Å². The monoisotopic (exact) mass is 342 g/mol. The molecule has 0 saturated carbocycles. The molecule has 2 aromatic rings. The number of likely N-dealkylation sites (N-methyl/N-ethyl adjacent to an activating group) is 1. The fourth-order valence-electron chi connectivity index (χ4n) is 3.15. The number of hydrogen-bond acceptors (Lipinski definition) is 4. The summed E-state index contributed by atoms with van der Waals surface area (Å²) >= 11 is 0. The number of nitrogens with one attached hydrogen (secondary N) is 2. The lowest BCUT2D eigenvalue weighted by Gasteiger charge is -2.23. The first-order valence-electron chi connectivity index (χ1n) is 8.80. The Kier molecular flexibility index (Phi) is 5.65. The Morgan fingerprint density at radius 3 is 2.96 bits per heavy atom. The molecule has 0 aliphatic carbocycles. The Labute approximate surface area is 148 Å². The summed E-state index contributed by atoms with van der Waals surface area (Å²) < 4.78 is 1.90. The molecule has 3 rings (SSSR count). The number of hydrogen-bond donors (Lipinski definition) is 2. The van der Waals surface area contributed by atoms with Crippen LogP contribution in [0.2, 0.25) is 0 Å². The van der Waals surface area contributed by atoms with Crippen molar-refractivity contribution in [3.05, 3.63) is 47.5 Å². The quantitative estimate of drug-likeness (QED) is 0.840. The highest BCUT2D eigenvalue weighted by Crippen LogP contribution is 2.22. The topological polar surface area (TPSA) is 75.1 Å². The van der Waals surface area contributed by atoms with Crippen molar-refractivity contribution in [1.82, 2.24) is 30.3 Å². The van der Waals surface area contributed by atoms with E-state index in [0.717, 1.165) is 44.1 Å². The standard InChI is InChI=1S/C18H26N6O/c1-14-20-17-16(9-6-11-24(17)22-14)21-18(25)19-10-12-23(2)13-15-7-4-3-5-8-15/h3-5,7-8,16H,6,9-13H2,1-2H3,(H2,19,21,25). The molecule has 7 nitrogen and oxygen atoms in total. The Bertz CT molecular complexity index is 699. The molecule has 7 heteroatoms. The minimum atomic E-state index is -0.146. The van der Waals surface area contributed by atoms with Gasteiger partial charge in [-0.15, -0.1) is 0 Å². The fourth-order valence-corrected chi connectivity index (χ4v) is 3.15. The first-order valence-corrected chi connectivity index (χ1v) is 8.80. The summed E-state index contributed by atoms with van der Waals surface area (Å²) in [4.78, 5) is 18.8. The Morgan fingerprint density at radius 2 is 2.16 bits per heavy atom. The van der Waals surface area contributed by atoms with E-state index < -0.39 is 0 Å². The molecule has 2 N–H and O–H groups in total. The zero-order valence-corrected chi connectivity index (χ0v) is 14.9. The SMILES string of the molecule is Cc1nc2n(n1)CCCC2NC(=O)NCCN(C)Cc1ccccc1. The van der Waals surface area contributed by atoms with Crippen LogP contribution in [-0.4, -0.2) is 45.8 Å². The van der Waals surface area contributed by atoms with Gasteiger partial charge in [0.25, 0.3) is 0 Å². The van der Waals surface area contributed by atoms with Gasteiger partial charge < -0.3 is 15.5 Å². The lowest BCUT2D eigenvalue weighted by molar-refractivity contribution is 0.230. The summed E-state index contributed by atoms with van der Waals surface area (Å²) in [7, 11) is 2.05. The normalized spacial score (nSPS) is 16.5. The molecule has 1 aromatic heterocycles. The Balaban J connectivity index is 1.41. The maximum Gasteiger partial charge on any atom is 0.315 e. The highest BCUT2D eigenvalue weighted by molar-refractivity contribution is 5.74. The third-order valence-corrected chi connectivity index (χ3v) is 4.36. The van der Waals surface area contributed by atoms with Crippen LogP contribution < -0.4 is 10.6 Å². The zero-order chi connectivity index (χ0) is 17.6. The number of nitrogens with zero attached hydrogens (tertiary/aromatic N) is 4. The smallest absolute Gasteiger partial charge is 0.315 e. The summed E-state index contributed by atoms with van der Waals surface area (Å²) in [5.74, 6) is 1.62. The summed E-state index contributed by atoms with van der Waals surface area (Å²) in [5, 5.41) is 10.3. The number of carbonyl (C=O) groups excluding carboxylic acids is 1. The van der Waals surface area contributed by atoms with Gasteiger partial charge in [0.2, 0.25) is 0 Å². The number of fused-ring (bicyclic) bond motifs is 1. The van der Waals surface area contributed by atoms with Crippen molar-refractivity contribution in [2.75, 3.05) is 20.1 Å². The zero-order valence-electron chi connectivity index (χ0n) is 14.9. The van der Waals surface area contributed by atoms with Crippen LogP contribution in [0.15, 0.2) is 30.3 Å². The molecule has 1 aliphatic heterocycles. The molecule has 1 aliphatic rings. The van der Waals surface area contributed by atoms with Gasteiger partial charge in [-0.2, -0.15) is 5.10 Å². The van der Waals surface area contributed by atoms with Crippen molar-refractivity contribution in [3.63, 3.8) is 0 Å². The van der Waals surface area contributed by atoms with E-state index in [-0.39, 0.29) is 12.1 Å². The van der Waals surface area contributed by atoms with E-state index in [0.29, 0.717) is 6.54 Å². The van der Waals surface area contributed by atoms with Crippen LogP contribution >= 0.6 is 0 Å². The minimum absolute atomic E-state index is 0.0583. The number of benzene rings is 1. The summed E-state index contributed by atoms with van der Waals surface area (Å²) in [5.41, 5.74) is 1.27. The van der Waals surface area contributed by atoms with E-state index in [9.17, 15) is 4.79 Å². The fraction of sp³-hybridized carbons (Fsp3) is 0.500. The second kappa shape index (κ2) is 8.11. The molecule has 0 bridgehead atoms. The number of amides is 2. The van der Waals surface area contributed by atoms with Crippen molar-refractivity contribution in [3.8, 4) is 0 Å². The first-order chi connectivity index (χ1) is 12.1. The van der Waals surface area contributed by atoms with Crippen LogP contribution in [0.25, 0.3) is 0 Å². The average molecular weight is 342 g/mol. The van der Waals surface area contributed by atoms with Gasteiger partial charge in [-0.3, -0.25) is 0 Å². The Morgan fingerprint density at radius 1 is 1.36 bits per heavy atom. The second-order valence-electron chi connectivity index (χ2n) is 6.56. The van der Waals surface area contributed by atoms with E-state index in [1.807, 2.05) is 29.8 Å². The van der Waals surface area contributed by atoms with Crippen molar-refractivity contribution in [2.24, 2.45) is 0 Å². The molecule has 0 saturated heterocycles. The largest absolute Gasteiger partial charge is 0.337 e. The summed E-state index contributed by atoms with van der Waals surface area (Å²) in [6.07, 6.45) is 1.90. The van der Waals surface area contributed by atoms with Crippen molar-refractivity contribution in [2.45, 2.75) is 38.9 Å². The number of aryl methyl sites for hydroxylation is 2. The molecule has 1 unspecified atom stereocenters. The van der Waals surface area contributed by atoms with Crippen LogP contribution in [0.3, 0.4) is 0 Å². The van der Waals surface area contributed by atoms with E-state index in [2.05, 4.69) is 44.8 Å². The van der Waals surface area contributed by atoms with Crippen LogP contribution in [0.5, 0.6) is 0 Å². The van der Waals surface area contributed by atoms with Crippen LogP contribution in [-0.2, 0) is 13.1 Å². The summed E-state index contributed by atoms with van der Waals surface area (Å²) in [6, 6.07) is 10.1. The van der Waals surface area contributed by atoms with Gasteiger partial charge in [0.1, 0.15) is 11.6 Å². The predicted molar refractivity (Wildman–Crippen MR) is 96.0 cm³/mol. The van der Waals surface area contributed by atoms with Crippen LogP contribution in [0.4, 0.5) is 4.79 Å². The molecule has 2 amide bonds. The lowest BCUT2D eigenvalue weighted by Crippen LogP contribution is -2.42. The third kappa shape index (κ3) is 4.79. The van der Waals surface area contributed by atoms with E-state index >= 15 is 0 Å². The molecule has 1 atom stereocenters. The van der Waals surface area contributed by atoms with Gasteiger partial charge in [-0.05, 0) is 32.4 Å². The number of urea groups is 1. The molecule has 25 heavy (non-hydrogen) atoms. The highest BCUT2D eigenvalue weighted by atomic mass is 16.2. The van der Waals surface area contributed by atoms with Gasteiger partial charge in [-0.1, -0.05) is 30.3 Å².